The predicted octanol–water partition coefficient (Wildman–Crippen LogP) is 5.35. The molecule has 1 N–H and O–H groups in total. The lowest BCUT2D eigenvalue weighted by molar-refractivity contribution is 0.0817. The van der Waals surface area contributed by atoms with E-state index in [0.29, 0.717) is 33.9 Å². The van der Waals surface area contributed by atoms with Crippen LogP contribution in [0.25, 0.3) is 22.4 Å². The van der Waals surface area contributed by atoms with Crippen molar-refractivity contribution in [2.24, 2.45) is 5.41 Å². The van der Waals surface area contributed by atoms with Crippen molar-refractivity contribution in [3.05, 3.63) is 90.8 Å². The quantitative estimate of drug-likeness (QED) is 0.263. The number of aromatic nitrogens is 3. The van der Waals surface area contributed by atoms with Gasteiger partial charge in [0.2, 0.25) is 0 Å². The molecule has 0 amide bonds. The normalized spacial score (nSPS) is 12.7. The van der Waals surface area contributed by atoms with E-state index in [2.05, 4.69) is 16.5 Å². The van der Waals surface area contributed by atoms with Crippen LogP contribution in [0, 0.1) is 12.3 Å². The highest BCUT2D eigenvalue weighted by Crippen LogP contribution is 2.29. The molecule has 0 saturated carbocycles. The third-order valence-corrected chi connectivity index (χ3v) is 7.06. The Kier molecular flexibility index (Phi) is 6.86. The minimum absolute atomic E-state index is 0.0893. The van der Waals surface area contributed by atoms with Crippen LogP contribution in [0.3, 0.4) is 0 Å². The van der Waals surface area contributed by atoms with Crippen LogP contribution in [0.5, 0.6) is 0 Å². The Hall–Kier alpha value is -3.42. The van der Waals surface area contributed by atoms with Crippen molar-refractivity contribution in [3.63, 3.8) is 0 Å². The highest BCUT2D eigenvalue weighted by Gasteiger charge is 2.34. The number of aryl methyl sites for hydroxylation is 1. The molecule has 2 aromatic heterocycles. The molecule has 2 aromatic carbocycles. The second-order valence-corrected chi connectivity index (χ2v) is 10.4. The van der Waals surface area contributed by atoms with Gasteiger partial charge in [0, 0.05) is 30.3 Å². The molecule has 1 atom stereocenters. The summed E-state index contributed by atoms with van der Waals surface area (Å²) in [6, 6.07) is 17.3. The average Bonchev–Trinajstić information content (AvgIpc) is 3.26. The lowest BCUT2D eigenvalue weighted by Gasteiger charge is -2.30. The molecular weight excluding hydrogens is 444 g/mol. The van der Waals surface area contributed by atoms with E-state index in [1.165, 1.54) is 0 Å². The largest absolute Gasteiger partial charge is 0.344 e. The molecule has 174 valence electrons. The molecule has 0 fully saturated rings. The van der Waals surface area contributed by atoms with Gasteiger partial charge in [-0.2, -0.15) is 0 Å². The number of fused-ring (bicyclic) bond motifs is 1. The SMILES string of the molecule is C=CCN(CC(C)(C)C(=O)c1c[nH]c2ncc(-c3cccc(C)c3)nc12)S(=O)c1ccccc1. The number of hydrogen-bond acceptors (Lipinski definition) is 4. The Morgan fingerprint density at radius 1 is 1.18 bits per heavy atom. The van der Waals surface area contributed by atoms with Crippen LogP contribution in [0.15, 0.2) is 84.5 Å². The summed E-state index contributed by atoms with van der Waals surface area (Å²) < 4.78 is 15.0. The first-order chi connectivity index (χ1) is 16.3. The van der Waals surface area contributed by atoms with Crippen molar-refractivity contribution in [2.75, 3.05) is 13.1 Å². The van der Waals surface area contributed by atoms with E-state index in [1.54, 1.807) is 22.8 Å². The van der Waals surface area contributed by atoms with Crippen LogP contribution in [0.4, 0.5) is 0 Å². The van der Waals surface area contributed by atoms with Gasteiger partial charge in [-0.25, -0.2) is 18.5 Å². The molecule has 0 spiro atoms. The third-order valence-electron chi connectivity index (χ3n) is 5.64. The van der Waals surface area contributed by atoms with Gasteiger partial charge in [-0.1, -0.05) is 61.9 Å². The van der Waals surface area contributed by atoms with Crippen LogP contribution < -0.4 is 0 Å². The van der Waals surface area contributed by atoms with E-state index in [9.17, 15) is 9.00 Å². The first-order valence-electron chi connectivity index (χ1n) is 11.1. The Labute approximate surface area is 202 Å². The monoisotopic (exact) mass is 472 g/mol. The van der Waals surface area contributed by atoms with Crippen molar-refractivity contribution < 1.29 is 9.00 Å². The molecule has 6 nitrogen and oxygen atoms in total. The summed E-state index contributed by atoms with van der Waals surface area (Å²) in [5.74, 6) is -0.0893. The number of ketones is 1. The van der Waals surface area contributed by atoms with Crippen LogP contribution in [0.2, 0.25) is 0 Å². The van der Waals surface area contributed by atoms with Crippen molar-refractivity contribution in [1.29, 1.82) is 0 Å². The van der Waals surface area contributed by atoms with Crippen LogP contribution in [0.1, 0.15) is 29.8 Å². The number of H-pyrrole nitrogens is 1. The number of Topliss-reactive ketones (excluding diaryl/α,β-unsaturated/α-hetero) is 1. The van der Waals surface area contributed by atoms with Crippen molar-refractivity contribution in [1.82, 2.24) is 19.3 Å². The lowest BCUT2D eigenvalue weighted by atomic mass is 9.84. The number of aromatic amines is 1. The lowest BCUT2D eigenvalue weighted by Crippen LogP contribution is -2.40. The van der Waals surface area contributed by atoms with E-state index < -0.39 is 16.4 Å². The van der Waals surface area contributed by atoms with Crippen molar-refractivity contribution in [2.45, 2.75) is 25.7 Å². The van der Waals surface area contributed by atoms with Gasteiger partial charge in [0.05, 0.1) is 22.3 Å². The highest BCUT2D eigenvalue weighted by atomic mass is 32.2. The second kappa shape index (κ2) is 9.83. The zero-order chi connectivity index (χ0) is 24.3. The fourth-order valence-electron chi connectivity index (χ4n) is 3.91. The molecular formula is C27H28N4O2S. The number of nitrogens with one attached hydrogen (secondary N) is 1. The van der Waals surface area contributed by atoms with Gasteiger partial charge >= 0.3 is 0 Å². The van der Waals surface area contributed by atoms with E-state index in [1.807, 2.05) is 75.4 Å². The summed E-state index contributed by atoms with van der Waals surface area (Å²) in [6.45, 7) is 10.2. The Morgan fingerprint density at radius 2 is 1.94 bits per heavy atom. The molecule has 0 radical (unpaired) electrons. The summed E-state index contributed by atoms with van der Waals surface area (Å²) in [4.78, 5) is 26.7. The van der Waals surface area contributed by atoms with E-state index in [4.69, 9.17) is 4.98 Å². The van der Waals surface area contributed by atoms with Crippen molar-refractivity contribution in [3.8, 4) is 11.3 Å². The molecule has 0 aliphatic carbocycles. The summed E-state index contributed by atoms with van der Waals surface area (Å²) in [7, 11) is -1.41. The number of carbonyl (C=O) groups is 1. The molecule has 2 heterocycles. The molecule has 4 rings (SSSR count). The molecule has 0 saturated heterocycles. The van der Waals surface area contributed by atoms with Gasteiger partial charge in [-0.15, -0.1) is 6.58 Å². The van der Waals surface area contributed by atoms with Crippen molar-refractivity contribution >= 4 is 27.9 Å². The summed E-state index contributed by atoms with van der Waals surface area (Å²) in [5.41, 5.74) is 3.53. The van der Waals surface area contributed by atoms with Crippen LogP contribution in [-0.2, 0) is 11.0 Å². The van der Waals surface area contributed by atoms with Gasteiger partial charge in [-0.3, -0.25) is 4.79 Å². The molecule has 4 aromatic rings. The van der Waals surface area contributed by atoms with Crippen LogP contribution >= 0.6 is 0 Å². The second-order valence-electron chi connectivity index (χ2n) is 8.91. The molecule has 7 heteroatoms. The smallest absolute Gasteiger partial charge is 0.173 e. The van der Waals surface area contributed by atoms with E-state index >= 15 is 0 Å². The van der Waals surface area contributed by atoms with Gasteiger partial charge in [0.15, 0.2) is 11.4 Å². The Morgan fingerprint density at radius 3 is 2.65 bits per heavy atom. The third kappa shape index (κ3) is 4.90. The number of rotatable bonds is 9. The first kappa shape index (κ1) is 23.7. The van der Waals surface area contributed by atoms with Gasteiger partial charge in [-0.05, 0) is 25.1 Å². The molecule has 1 unspecified atom stereocenters. The maximum absolute atomic E-state index is 13.7. The van der Waals surface area contributed by atoms with Gasteiger partial charge in [0.25, 0.3) is 0 Å². The summed E-state index contributed by atoms with van der Waals surface area (Å²) in [6.07, 6.45) is 5.08. The number of hydrogen-bond donors (Lipinski definition) is 1. The standard InChI is InChI=1S/C27H28N4O2S/c1-5-14-31(34(33)21-12-7-6-8-13-21)18-27(3,4)25(32)22-16-28-26-24(22)30-23(17-29-26)20-11-9-10-19(2)15-20/h5-13,15-17H,1,14,18H2,2-4H3,(H,28,29). The minimum Gasteiger partial charge on any atom is -0.344 e. The average molecular weight is 473 g/mol. The highest BCUT2D eigenvalue weighted by molar-refractivity contribution is 7.82. The number of benzene rings is 2. The number of carbonyl (C=O) groups excluding carboxylic acids is 1. The maximum atomic E-state index is 13.7. The summed E-state index contributed by atoms with van der Waals surface area (Å²) in [5, 5.41) is 0. The topological polar surface area (TPSA) is 79.0 Å². The fourth-order valence-corrected chi connectivity index (χ4v) is 5.27. The Balaban J connectivity index is 1.65. The molecule has 0 bridgehead atoms. The zero-order valence-electron chi connectivity index (χ0n) is 19.6. The predicted molar refractivity (Wildman–Crippen MR) is 137 cm³/mol. The van der Waals surface area contributed by atoms with Gasteiger partial charge < -0.3 is 4.98 Å². The Bertz CT molecular complexity index is 1360. The van der Waals surface area contributed by atoms with Crippen LogP contribution in [-0.4, -0.2) is 42.3 Å². The molecule has 34 heavy (non-hydrogen) atoms. The summed E-state index contributed by atoms with van der Waals surface area (Å²) >= 11 is 0. The maximum Gasteiger partial charge on any atom is 0.173 e. The zero-order valence-corrected chi connectivity index (χ0v) is 20.4. The minimum atomic E-state index is -1.41. The first-order valence-corrected chi connectivity index (χ1v) is 12.2. The molecule has 0 aliphatic heterocycles. The van der Waals surface area contributed by atoms with E-state index in [-0.39, 0.29) is 12.3 Å². The van der Waals surface area contributed by atoms with E-state index in [0.717, 1.165) is 11.1 Å². The fraction of sp³-hybridized carbons (Fsp3) is 0.222. The van der Waals surface area contributed by atoms with Gasteiger partial charge in [0.1, 0.15) is 16.5 Å². The molecule has 0 aliphatic rings. The number of nitrogens with zero attached hydrogens (tertiary/aromatic N) is 3.